The van der Waals surface area contributed by atoms with Gasteiger partial charge in [0, 0.05) is 11.6 Å². The van der Waals surface area contributed by atoms with Crippen molar-refractivity contribution in [3.05, 3.63) is 64.2 Å². The number of carbonyl (C=O) groups is 1. The van der Waals surface area contributed by atoms with E-state index in [1.165, 1.54) is 0 Å². The zero-order chi connectivity index (χ0) is 19.7. The van der Waals surface area contributed by atoms with Crippen LogP contribution in [0.4, 0.5) is 0 Å². The van der Waals surface area contributed by atoms with Crippen molar-refractivity contribution in [3.8, 4) is 11.5 Å². The topological polar surface area (TPSA) is 84.5 Å². The second-order valence-corrected chi connectivity index (χ2v) is 6.92. The number of hydrogen-bond donors (Lipinski definition) is 1. The highest BCUT2D eigenvalue weighted by atomic mass is 16.6. The van der Waals surface area contributed by atoms with Gasteiger partial charge < -0.3 is 19.4 Å². The molecule has 2 aromatic carbocycles. The van der Waals surface area contributed by atoms with Gasteiger partial charge in [-0.25, -0.2) is 4.98 Å². The maximum Gasteiger partial charge on any atom is 0.258 e. The third-order valence-corrected chi connectivity index (χ3v) is 4.66. The molecule has 1 N–H and O–H groups in total. The Bertz CT molecular complexity index is 1090. The molecule has 0 saturated heterocycles. The number of nitrogens with zero attached hydrogens (tertiary/aromatic N) is 2. The number of aromatic nitrogens is 2. The SMILES string of the molecule is CC(C)N(Cc1nc2ccccc2c(=O)[nH]1)C(=O)c1ccc2c(c1)OCCO2. The Morgan fingerprint density at radius 3 is 2.68 bits per heavy atom. The number of hydrogen-bond acceptors (Lipinski definition) is 5. The van der Waals surface area contributed by atoms with Crippen molar-refractivity contribution in [2.24, 2.45) is 0 Å². The van der Waals surface area contributed by atoms with Crippen molar-refractivity contribution >= 4 is 16.8 Å². The van der Waals surface area contributed by atoms with Gasteiger partial charge in [-0.05, 0) is 44.2 Å². The van der Waals surface area contributed by atoms with Crippen molar-refractivity contribution in [2.75, 3.05) is 13.2 Å². The number of para-hydroxylation sites is 1. The number of fused-ring (bicyclic) bond motifs is 2. The molecule has 0 aliphatic carbocycles. The monoisotopic (exact) mass is 379 g/mol. The fourth-order valence-electron chi connectivity index (χ4n) is 3.20. The fourth-order valence-corrected chi connectivity index (χ4v) is 3.20. The van der Waals surface area contributed by atoms with Gasteiger partial charge in [0.15, 0.2) is 11.5 Å². The molecular weight excluding hydrogens is 358 g/mol. The van der Waals surface area contributed by atoms with Crippen LogP contribution in [0.25, 0.3) is 10.9 Å². The van der Waals surface area contributed by atoms with Crippen LogP contribution in [0.15, 0.2) is 47.3 Å². The summed E-state index contributed by atoms with van der Waals surface area (Å²) in [5, 5.41) is 0.528. The highest BCUT2D eigenvalue weighted by Crippen LogP contribution is 2.31. The summed E-state index contributed by atoms with van der Waals surface area (Å²) in [4.78, 5) is 34.4. The molecule has 28 heavy (non-hydrogen) atoms. The third kappa shape index (κ3) is 3.43. The Kier molecular flexibility index (Phi) is 4.73. The lowest BCUT2D eigenvalue weighted by Gasteiger charge is -2.27. The predicted octanol–water partition coefficient (Wildman–Crippen LogP) is 2.75. The first kappa shape index (κ1) is 18.0. The van der Waals surface area contributed by atoms with Crippen molar-refractivity contribution < 1.29 is 14.3 Å². The average Bonchev–Trinajstić information content (AvgIpc) is 2.71. The van der Waals surface area contributed by atoms with Crippen molar-refractivity contribution in [2.45, 2.75) is 26.4 Å². The largest absolute Gasteiger partial charge is 0.486 e. The molecule has 0 bridgehead atoms. The minimum Gasteiger partial charge on any atom is -0.486 e. The summed E-state index contributed by atoms with van der Waals surface area (Å²) in [6.45, 7) is 5.01. The number of rotatable bonds is 4. The molecule has 2 heterocycles. The Morgan fingerprint density at radius 1 is 1.14 bits per heavy atom. The van der Waals surface area contributed by atoms with Crippen LogP contribution in [0.3, 0.4) is 0 Å². The molecule has 7 nitrogen and oxygen atoms in total. The summed E-state index contributed by atoms with van der Waals surface area (Å²) < 4.78 is 11.1. The Balaban J connectivity index is 1.64. The third-order valence-electron chi connectivity index (χ3n) is 4.66. The van der Waals surface area contributed by atoms with Gasteiger partial charge in [-0.3, -0.25) is 9.59 Å². The maximum absolute atomic E-state index is 13.1. The number of amides is 1. The molecule has 3 aromatic rings. The van der Waals surface area contributed by atoms with E-state index in [9.17, 15) is 9.59 Å². The molecule has 0 radical (unpaired) electrons. The van der Waals surface area contributed by atoms with E-state index in [1.807, 2.05) is 19.9 Å². The van der Waals surface area contributed by atoms with Gasteiger partial charge in [0.1, 0.15) is 19.0 Å². The van der Waals surface area contributed by atoms with E-state index >= 15 is 0 Å². The molecule has 0 fully saturated rings. The number of H-pyrrole nitrogens is 1. The molecule has 144 valence electrons. The van der Waals surface area contributed by atoms with Gasteiger partial charge in [0.2, 0.25) is 0 Å². The van der Waals surface area contributed by atoms with Crippen LogP contribution < -0.4 is 15.0 Å². The highest BCUT2D eigenvalue weighted by molar-refractivity contribution is 5.95. The lowest BCUT2D eigenvalue weighted by atomic mass is 10.1. The summed E-state index contributed by atoms with van der Waals surface area (Å²) in [5.41, 5.74) is 0.897. The smallest absolute Gasteiger partial charge is 0.258 e. The quantitative estimate of drug-likeness (QED) is 0.753. The van der Waals surface area contributed by atoms with E-state index in [1.54, 1.807) is 41.3 Å². The second-order valence-electron chi connectivity index (χ2n) is 6.92. The first-order chi connectivity index (χ1) is 13.5. The molecule has 0 unspecified atom stereocenters. The van der Waals surface area contributed by atoms with Crippen LogP contribution in [0, 0.1) is 0 Å². The van der Waals surface area contributed by atoms with Crippen LogP contribution in [-0.4, -0.2) is 40.0 Å². The number of benzene rings is 2. The van der Waals surface area contributed by atoms with Crippen LogP contribution in [-0.2, 0) is 6.54 Å². The Labute approximate surface area is 161 Å². The number of nitrogens with one attached hydrogen (secondary N) is 1. The average molecular weight is 379 g/mol. The molecule has 1 aromatic heterocycles. The Hall–Kier alpha value is -3.35. The first-order valence-corrected chi connectivity index (χ1v) is 9.21. The van der Waals surface area contributed by atoms with Crippen LogP contribution in [0.2, 0.25) is 0 Å². The molecule has 0 atom stereocenters. The fraction of sp³-hybridized carbons (Fsp3) is 0.286. The van der Waals surface area contributed by atoms with Crippen LogP contribution in [0.5, 0.6) is 11.5 Å². The Morgan fingerprint density at radius 2 is 1.89 bits per heavy atom. The lowest BCUT2D eigenvalue weighted by Crippen LogP contribution is -2.37. The zero-order valence-electron chi connectivity index (χ0n) is 15.8. The van der Waals surface area contributed by atoms with Gasteiger partial charge >= 0.3 is 0 Å². The van der Waals surface area contributed by atoms with Gasteiger partial charge in [-0.2, -0.15) is 0 Å². The molecule has 1 aliphatic rings. The summed E-state index contributed by atoms with van der Waals surface area (Å²) >= 11 is 0. The van der Waals surface area contributed by atoms with Gasteiger partial charge in [0.25, 0.3) is 11.5 Å². The lowest BCUT2D eigenvalue weighted by molar-refractivity contribution is 0.0684. The van der Waals surface area contributed by atoms with E-state index in [2.05, 4.69) is 9.97 Å². The minimum absolute atomic E-state index is 0.0857. The highest BCUT2D eigenvalue weighted by Gasteiger charge is 2.23. The van der Waals surface area contributed by atoms with Gasteiger partial charge in [-0.15, -0.1) is 0 Å². The molecule has 0 saturated carbocycles. The van der Waals surface area contributed by atoms with Crippen molar-refractivity contribution in [1.82, 2.24) is 14.9 Å². The first-order valence-electron chi connectivity index (χ1n) is 9.21. The minimum atomic E-state index is -0.212. The summed E-state index contributed by atoms with van der Waals surface area (Å²) in [6.07, 6.45) is 0. The summed E-state index contributed by atoms with van der Waals surface area (Å²) in [5.74, 6) is 1.49. The van der Waals surface area contributed by atoms with Crippen LogP contribution >= 0.6 is 0 Å². The molecule has 0 spiro atoms. The predicted molar refractivity (Wildman–Crippen MR) is 105 cm³/mol. The summed E-state index contributed by atoms with van der Waals surface area (Å²) in [6, 6.07) is 12.2. The van der Waals surface area contributed by atoms with Gasteiger partial charge in [-0.1, -0.05) is 12.1 Å². The second kappa shape index (κ2) is 7.34. The van der Waals surface area contributed by atoms with Crippen LogP contribution in [0.1, 0.15) is 30.0 Å². The van der Waals surface area contributed by atoms with Crippen molar-refractivity contribution in [1.29, 1.82) is 0 Å². The number of ether oxygens (including phenoxy) is 2. The van der Waals surface area contributed by atoms with E-state index in [0.29, 0.717) is 47.0 Å². The number of aromatic amines is 1. The molecule has 1 aliphatic heterocycles. The normalized spacial score (nSPS) is 13.0. The van der Waals surface area contributed by atoms with Crippen molar-refractivity contribution in [3.63, 3.8) is 0 Å². The standard InChI is InChI=1S/C21H21N3O4/c1-13(2)24(12-19-22-16-6-4-3-5-15(16)20(25)23-19)21(26)14-7-8-17-18(11-14)28-10-9-27-17/h3-8,11,13H,9-10,12H2,1-2H3,(H,22,23,25). The van der Waals surface area contributed by atoms with E-state index < -0.39 is 0 Å². The maximum atomic E-state index is 13.1. The van der Waals surface area contributed by atoms with E-state index in [0.717, 1.165) is 0 Å². The molecule has 1 amide bonds. The van der Waals surface area contributed by atoms with E-state index in [4.69, 9.17) is 9.47 Å². The molecular formula is C21H21N3O4. The molecule has 4 rings (SSSR count). The molecule has 7 heteroatoms. The summed E-state index contributed by atoms with van der Waals surface area (Å²) in [7, 11) is 0. The van der Waals surface area contributed by atoms with E-state index in [-0.39, 0.29) is 24.1 Å². The number of carbonyl (C=O) groups excluding carboxylic acids is 1. The zero-order valence-corrected chi connectivity index (χ0v) is 15.8. The van der Waals surface area contributed by atoms with Gasteiger partial charge in [0.05, 0.1) is 17.4 Å².